The summed E-state index contributed by atoms with van der Waals surface area (Å²) >= 11 is 5.46. The molecule has 0 aliphatic rings. The first kappa shape index (κ1) is 9.98. The molecule has 2 nitrogen and oxygen atoms in total. The Hall–Kier alpha value is -0.1000. The monoisotopic (exact) mass is 339 g/mol. The van der Waals surface area contributed by atoms with Gasteiger partial charge < -0.3 is 5.73 Å². The van der Waals surface area contributed by atoms with E-state index >= 15 is 0 Å². The number of primary amides is 1. The Morgan fingerprint density at radius 3 is 2.67 bits per heavy atom. The number of aryl methyl sites for hydroxylation is 1. The number of hydrogen-bond acceptors (Lipinski definition) is 1. The molecule has 0 fully saturated rings. The summed E-state index contributed by atoms with van der Waals surface area (Å²) in [5, 5.41) is 0. The zero-order chi connectivity index (χ0) is 9.30. The van der Waals surface area contributed by atoms with Crippen molar-refractivity contribution < 1.29 is 4.79 Å². The summed E-state index contributed by atoms with van der Waals surface area (Å²) in [6.07, 6.45) is 0. The predicted octanol–water partition coefficient (Wildman–Crippen LogP) is 2.46. The number of halogens is 2. The van der Waals surface area contributed by atoms with Crippen LogP contribution >= 0.6 is 38.5 Å². The average Bonchev–Trinajstić information content (AvgIpc) is 1.96. The average molecular weight is 340 g/mol. The molecule has 0 atom stereocenters. The lowest BCUT2D eigenvalue weighted by atomic mass is 10.1. The SMILES string of the molecule is Cc1cc(C(N)=O)c(I)cc1Br. The van der Waals surface area contributed by atoms with E-state index in [1.54, 1.807) is 6.07 Å². The molecule has 2 N–H and O–H groups in total. The van der Waals surface area contributed by atoms with Crippen LogP contribution in [0.3, 0.4) is 0 Å². The van der Waals surface area contributed by atoms with Crippen molar-refractivity contribution in [2.75, 3.05) is 0 Å². The van der Waals surface area contributed by atoms with Gasteiger partial charge in [0.1, 0.15) is 0 Å². The van der Waals surface area contributed by atoms with Crippen molar-refractivity contribution in [1.29, 1.82) is 0 Å². The lowest BCUT2D eigenvalue weighted by Crippen LogP contribution is -2.12. The van der Waals surface area contributed by atoms with Gasteiger partial charge in [0.25, 0.3) is 0 Å². The third kappa shape index (κ3) is 1.98. The van der Waals surface area contributed by atoms with Crippen LogP contribution in [0, 0.1) is 10.5 Å². The van der Waals surface area contributed by atoms with E-state index in [0.717, 1.165) is 13.6 Å². The molecule has 0 aliphatic heterocycles. The Morgan fingerprint density at radius 2 is 2.17 bits per heavy atom. The molecule has 0 aromatic heterocycles. The zero-order valence-electron chi connectivity index (χ0n) is 6.40. The Morgan fingerprint density at radius 1 is 1.58 bits per heavy atom. The summed E-state index contributed by atoms with van der Waals surface area (Å²) in [7, 11) is 0. The fourth-order valence-corrected chi connectivity index (χ4v) is 2.35. The van der Waals surface area contributed by atoms with Gasteiger partial charge in [-0.1, -0.05) is 15.9 Å². The maximum atomic E-state index is 10.9. The number of carbonyl (C=O) groups excluding carboxylic acids is 1. The van der Waals surface area contributed by atoms with Gasteiger partial charge in [0.15, 0.2) is 0 Å². The minimum Gasteiger partial charge on any atom is -0.366 e. The molecule has 1 amide bonds. The van der Waals surface area contributed by atoms with Gasteiger partial charge in [-0.3, -0.25) is 4.79 Å². The first-order chi connectivity index (χ1) is 5.52. The van der Waals surface area contributed by atoms with E-state index in [1.807, 2.05) is 13.0 Å². The fraction of sp³-hybridized carbons (Fsp3) is 0.125. The molecule has 64 valence electrons. The number of carbonyl (C=O) groups is 1. The van der Waals surface area contributed by atoms with E-state index in [2.05, 4.69) is 38.5 Å². The summed E-state index contributed by atoms with van der Waals surface area (Å²) in [4.78, 5) is 10.9. The third-order valence-electron chi connectivity index (χ3n) is 1.51. The van der Waals surface area contributed by atoms with Gasteiger partial charge in [-0.05, 0) is 47.2 Å². The maximum Gasteiger partial charge on any atom is 0.249 e. The van der Waals surface area contributed by atoms with Gasteiger partial charge in [-0.15, -0.1) is 0 Å². The van der Waals surface area contributed by atoms with Gasteiger partial charge in [0.05, 0.1) is 5.56 Å². The summed E-state index contributed by atoms with van der Waals surface area (Å²) < 4.78 is 1.87. The van der Waals surface area contributed by atoms with Crippen LogP contribution in [0.25, 0.3) is 0 Å². The van der Waals surface area contributed by atoms with Gasteiger partial charge in [-0.2, -0.15) is 0 Å². The highest BCUT2D eigenvalue weighted by atomic mass is 127. The molecule has 0 radical (unpaired) electrons. The van der Waals surface area contributed by atoms with Crippen LogP contribution in [-0.2, 0) is 0 Å². The van der Waals surface area contributed by atoms with Crippen LogP contribution in [-0.4, -0.2) is 5.91 Å². The van der Waals surface area contributed by atoms with Gasteiger partial charge in [-0.25, -0.2) is 0 Å². The summed E-state index contributed by atoms with van der Waals surface area (Å²) in [5.74, 6) is -0.380. The van der Waals surface area contributed by atoms with Crippen LogP contribution in [0.15, 0.2) is 16.6 Å². The van der Waals surface area contributed by atoms with Crippen LogP contribution in [0.1, 0.15) is 15.9 Å². The molecule has 1 aromatic rings. The molecule has 4 heteroatoms. The highest BCUT2D eigenvalue weighted by Crippen LogP contribution is 2.22. The fourth-order valence-electron chi connectivity index (χ4n) is 0.846. The Bertz CT molecular complexity index is 338. The summed E-state index contributed by atoms with van der Waals surface area (Å²) in [5.41, 5.74) is 6.77. The molecular weight excluding hydrogens is 333 g/mol. The number of hydrogen-bond donors (Lipinski definition) is 1. The van der Waals surface area contributed by atoms with Crippen LogP contribution in [0.2, 0.25) is 0 Å². The first-order valence-electron chi connectivity index (χ1n) is 3.28. The van der Waals surface area contributed by atoms with Gasteiger partial charge in [0, 0.05) is 8.04 Å². The van der Waals surface area contributed by atoms with Crippen LogP contribution in [0.5, 0.6) is 0 Å². The molecule has 0 saturated carbocycles. The number of rotatable bonds is 1. The van der Waals surface area contributed by atoms with E-state index in [9.17, 15) is 4.79 Å². The lowest BCUT2D eigenvalue weighted by Gasteiger charge is -2.03. The van der Waals surface area contributed by atoms with Gasteiger partial charge in [0.2, 0.25) is 5.91 Å². The Labute approximate surface area is 92.8 Å². The van der Waals surface area contributed by atoms with Crippen molar-refractivity contribution in [2.45, 2.75) is 6.92 Å². The highest BCUT2D eigenvalue weighted by molar-refractivity contribution is 14.1. The second-order valence-electron chi connectivity index (χ2n) is 2.45. The first-order valence-corrected chi connectivity index (χ1v) is 5.15. The Kier molecular flexibility index (Phi) is 3.11. The van der Waals surface area contributed by atoms with Crippen molar-refractivity contribution in [2.24, 2.45) is 5.73 Å². The molecule has 0 aliphatic carbocycles. The second-order valence-corrected chi connectivity index (χ2v) is 4.46. The minimum atomic E-state index is -0.380. The van der Waals surface area contributed by atoms with Crippen molar-refractivity contribution in [3.63, 3.8) is 0 Å². The number of benzene rings is 1. The normalized spacial score (nSPS) is 9.92. The van der Waals surface area contributed by atoms with E-state index in [0.29, 0.717) is 5.56 Å². The third-order valence-corrected chi connectivity index (χ3v) is 3.26. The maximum absolute atomic E-state index is 10.9. The van der Waals surface area contributed by atoms with E-state index in [-0.39, 0.29) is 5.91 Å². The standard InChI is InChI=1S/C8H7BrINO/c1-4-2-5(8(11)12)7(10)3-6(4)9/h2-3H,1H3,(H2,11,12). The highest BCUT2D eigenvalue weighted by Gasteiger charge is 2.07. The smallest absolute Gasteiger partial charge is 0.249 e. The zero-order valence-corrected chi connectivity index (χ0v) is 10.1. The van der Waals surface area contributed by atoms with Crippen molar-refractivity contribution >= 4 is 44.4 Å². The van der Waals surface area contributed by atoms with Crippen LogP contribution < -0.4 is 5.73 Å². The minimum absolute atomic E-state index is 0.380. The van der Waals surface area contributed by atoms with E-state index in [4.69, 9.17) is 5.73 Å². The molecule has 0 unspecified atom stereocenters. The van der Waals surface area contributed by atoms with E-state index in [1.165, 1.54) is 0 Å². The summed E-state index contributed by atoms with van der Waals surface area (Å²) in [6, 6.07) is 3.67. The quantitative estimate of drug-likeness (QED) is 0.785. The van der Waals surface area contributed by atoms with Crippen molar-refractivity contribution in [1.82, 2.24) is 0 Å². The number of nitrogens with two attached hydrogens (primary N) is 1. The molecule has 1 rings (SSSR count). The molecule has 0 saturated heterocycles. The Balaban J connectivity index is 3.33. The molecule has 0 bridgehead atoms. The van der Waals surface area contributed by atoms with E-state index < -0.39 is 0 Å². The van der Waals surface area contributed by atoms with Crippen molar-refractivity contribution in [3.8, 4) is 0 Å². The summed E-state index contributed by atoms with van der Waals surface area (Å²) in [6.45, 7) is 1.92. The number of amides is 1. The molecule has 12 heavy (non-hydrogen) atoms. The topological polar surface area (TPSA) is 43.1 Å². The van der Waals surface area contributed by atoms with Gasteiger partial charge >= 0.3 is 0 Å². The van der Waals surface area contributed by atoms with Crippen LogP contribution in [0.4, 0.5) is 0 Å². The van der Waals surface area contributed by atoms with Crippen molar-refractivity contribution in [3.05, 3.63) is 31.3 Å². The molecule has 0 spiro atoms. The molecule has 0 heterocycles. The molecular formula is C8H7BrINO. The second kappa shape index (κ2) is 3.74. The lowest BCUT2D eigenvalue weighted by molar-refractivity contribution is 0.0999. The molecule has 1 aromatic carbocycles. The predicted molar refractivity (Wildman–Crippen MR) is 60.1 cm³/mol. The largest absolute Gasteiger partial charge is 0.366 e.